The maximum Gasteiger partial charge on any atom is 0.173 e. The van der Waals surface area contributed by atoms with E-state index in [-0.39, 0.29) is 17.6 Å². The van der Waals surface area contributed by atoms with Crippen LogP contribution in [0, 0.1) is 5.82 Å². The molecular weight excluding hydrogens is 371 g/mol. The van der Waals surface area contributed by atoms with Crippen LogP contribution in [0.25, 0.3) is 0 Å². The highest BCUT2D eigenvalue weighted by Gasteiger charge is 2.28. The Morgan fingerprint density at radius 2 is 1.81 bits per heavy atom. The first kappa shape index (κ1) is 18.5. The molecule has 7 heteroatoms. The third-order valence-corrected chi connectivity index (χ3v) is 5.88. The number of hydrogen-bond acceptors (Lipinski definition) is 3. The van der Waals surface area contributed by atoms with Crippen molar-refractivity contribution < 1.29 is 12.8 Å². The van der Waals surface area contributed by atoms with Gasteiger partial charge in [0.25, 0.3) is 0 Å². The first-order valence-corrected chi connectivity index (χ1v) is 10.3. The van der Waals surface area contributed by atoms with Crippen LogP contribution in [-0.2, 0) is 22.9 Å². The largest absolute Gasteiger partial charge is 0.358 e. The SMILES string of the molecule is O=S1(=O)C=C[C@@H](N(Cc2ccccc2)C(=S)NCc2ccc(F)cc2)C1. The van der Waals surface area contributed by atoms with Gasteiger partial charge >= 0.3 is 0 Å². The molecular formula is C19H19FN2O2S2. The number of halogens is 1. The molecule has 1 atom stereocenters. The van der Waals surface area contributed by atoms with Crippen molar-refractivity contribution in [2.45, 2.75) is 19.1 Å². The molecule has 2 aromatic rings. The lowest BCUT2D eigenvalue weighted by Gasteiger charge is -2.30. The first-order chi connectivity index (χ1) is 12.4. The third kappa shape index (κ3) is 4.89. The lowest BCUT2D eigenvalue weighted by Crippen LogP contribution is -2.45. The number of nitrogens with zero attached hydrogens (tertiary/aromatic N) is 1. The molecule has 136 valence electrons. The summed E-state index contributed by atoms with van der Waals surface area (Å²) in [6.45, 7) is 0.939. The Morgan fingerprint density at radius 3 is 2.42 bits per heavy atom. The molecule has 0 bridgehead atoms. The van der Waals surface area contributed by atoms with Crippen LogP contribution < -0.4 is 5.32 Å². The quantitative estimate of drug-likeness (QED) is 0.796. The first-order valence-electron chi connectivity index (χ1n) is 8.17. The highest BCUT2D eigenvalue weighted by atomic mass is 32.2. The molecule has 0 fully saturated rings. The third-order valence-electron chi connectivity index (χ3n) is 4.13. The molecule has 0 saturated carbocycles. The fourth-order valence-corrected chi connectivity index (χ4v) is 4.33. The van der Waals surface area contributed by atoms with Gasteiger partial charge in [0.05, 0.1) is 11.8 Å². The summed E-state index contributed by atoms with van der Waals surface area (Å²) in [6.07, 6.45) is 1.67. The van der Waals surface area contributed by atoms with E-state index in [0.717, 1.165) is 11.1 Å². The predicted octanol–water partition coefficient (Wildman–Crippen LogP) is 3.01. The van der Waals surface area contributed by atoms with Gasteiger partial charge in [-0.3, -0.25) is 0 Å². The second-order valence-corrected chi connectivity index (χ2v) is 8.44. The summed E-state index contributed by atoms with van der Waals surface area (Å²) in [5, 5.41) is 4.86. The molecule has 0 saturated heterocycles. The van der Waals surface area contributed by atoms with Crippen molar-refractivity contribution in [3.63, 3.8) is 0 Å². The average Bonchev–Trinajstić information content (AvgIpc) is 2.99. The topological polar surface area (TPSA) is 49.4 Å². The second kappa shape index (κ2) is 7.97. The number of nitrogens with one attached hydrogen (secondary N) is 1. The summed E-state index contributed by atoms with van der Waals surface area (Å²) in [6, 6.07) is 15.6. The molecule has 2 aromatic carbocycles. The van der Waals surface area contributed by atoms with Crippen LogP contribution >= 0.6 is 12.2 Å². The minimum absolute atomic E-state index is 0.0121. The Morgan fingerprint density at radius 1 is 1.12 bits per heavy atom. The van der Waals surface area contributed by atoms with E-state index in [0.29, 0.717) is 18.2 Å². The van der Waals surface area contributed by atoms with Gasteiger partial charge < -0.3 is 10.2 Å². The smallest absolute Gasteiger partial charge is 0.173 e. The highest BCUT2D eigenvalue weighted by Crippen LogP contribution is 2.18. The van der Waals surface area contributed by atoms with Crippen molar-refractivity contribution >= 4 is 27.2 Å². The van der Waals surface area contributed by atoms with E-state index < -0.39 is 9.84 Å². The molecule has 0 amide bonds. The molecule has 26 heavy (non-hydrogen) atoms. The Kier molecular flexibility index (Phi) is 5.68. The lowest BCUT2D eigenvalue weighted by molar-refractivity contribution is 0.368. The van der Waals surface area contributed by atoms with E-state index in [1.807, 2.05) is 35.2 Å². The molecule has 1 heterocycles. The lowest BCUT2D eigenvalue weighted by atomic mass is 10.2. The van der Waals surface area contributed by atoms with Crippen molar-refractivity contribution in [2.75, 3.05) is 5.75 Å². The van der Waals surface area contributed by atoms with E-state index in [1.165, 1.54) is 17.5 Å². The van der Waals surface area contributed by atoms with E-state index in [4.69, 9.17) is 12.2 Å². The Balaban J connectivity index is 1.72. The summed E-state index contributed by atoms with van der Waals surface area (Å²) < 4.78 is 36.7. The van der Waals surface area contributed by atoms with Crippen LogP contribution in [0.2, 0.25) is 0 Å². The number of sulfone groups is 1. The fraction of sp³-hybridized carbons (Fsp3) is 0.211. The van der Waals surface area contributed by atoms with Gasteiger partial charge in [0.1, 0.15) is 5.82 Å². The standard InChI is InChI=1S/C19H19FN2O2S2/c20-17-8-6-15(7-9-17)12-21-19(25)22(13-16-4-2-1-3-5-16)18-10-11-26(23,24)14-18/h1-11,18H,12-14H2,(H,21,25)/t18-/m1/s1. The summed E-state index contributed by atoms with van der Waals surface area (Å²) in [5.41, 5.74) is 1.93. The van der Waals surface area contributed by atoms with Gasteiger partial charge in [-0.15, -0.1) is 0 Å². The number of hydrogen-bond donors (Lipinski definition) is 1. The summed E-state index contributed by atoms with van der Waals surface area (Å²) in [5.74, 6) is -0.276. The summed E-state index contributed by atoms with van der Waals surface area (Å²) in [7, 11) is -3.19. The van der Waals surface area contributed by atoms with Crippen LogP contribution in [0.3, 0.4) is 0 Å². The van der Waals surface area contributed by atoms with Crippen LogP contribution in [0.4, 0.5) is 4.39 Å². The van der Waals surface area contributed by atoms with Crippen LogP contribution in [0.1, 0.15) is 11.1 Å². The van der Waals surface area contributed by atoms with E-state index >= 15 is 0 Å². The molecule has 4 nitrogen and oxygen atoms in total. The number of benzene rings is 2. The molecule has 1 aliphatic rings. The molecule has 0 aliphatic carbocycles. The molecule has 1 aliphatic heterocycles. The fourth-order valence-electron chi connectivity index (χ4n) is 2.75. The zero-order valence-corrected chi connectivity index (χ0v) is 15.6. The minimum atomic E-state index is -3.19. The van der Waals surface area contributed by atoms with Crippen molar-refractivity contribution in [2.24, 2.45) is 0 Å². The minimum Gasteiger partial charge on any atom is -0.358 e. The molecule has 0 aromatic heterocycles. The Hall–Kier alpha value is -2.25. The summed E-state index contributed by atoms with van der Waals surface area (Å²) >= 11 is 5.52. The number of rotatable bonds is 5. The summed E-state index contributed by atoms with van der Waals surface area (Å²) in [4.78, 5) is 1.87. The van der Waals surface area contributed by atoms with E-state index in [2.05, 4.69) is 5.32 Å². The maximum absolute atomic E-state index is 13.0. The normalized spacial score (nSPS) is 17.8. The monoisotopic (exact) mass is 390 g/mol. The molecule has 0 spiro atoms. The second-order valence-electron chi connectivity index (χ2n) is 6.12. The zero-order chi connectivity index (χ0) is 18.6. The van der Waals surface area contributed by atoms with E-state index in [1.54, 1.807) is 18.2 Å². The van der Waals surface area contributed by atoms with Gasteiger partial charge in [-0.05, 0) is 41.6 Å². The van der Waals surface area contributed by atoms with Crippen molar-refractivity contribution in [1.82, 2.24) is 10.2 Å². The van der Waals surface area contributed by atoms with E-state index in [9.17, 15) is 12.8 Å². The van der Waals surface area contributed by atoms with Crippen LogP contribution in [0.15, 0.2) is 66.1 Å². The molecule has 1 N–H and O–H groups in total. The molecule has 3 rings (SSSR count). The van der Waals surface area contributed by atoms with Gasteiger partial charge in [-0.1, -0.05) is 42.5 Å². The van der Waals surface area contributed by atoms with Crippen molar-refractivity contribution in [1.29, 1.82) is 0 Å². The Labute approximate surface area is 158 Å². The maximum atomic E-state index is 13.0. The van der Waals surface area contributed by atoms with Gasteiger partial charge in [-0.2, -0.15) is 0 Å². The van der Waals surface area contributed by atoms with Gasteiger partial charge in [-0.25, -0.2) is 12.8 Å². The average molecular weight is 391 g/mol. The van der Waals surface area contributed by atoms with Crippen LogP contribution in [-0.4, -0.2) is 30.2 Å². The van der Waals surface area contributed by atoms with Gasteiger partial charge in [0.2, 0.25) is 0 Å². The highest BCUT2D eigenvalue weighted by molar-refractivity contribution is 7.94. The van der Waals surface area contributed by atoms with Crippen LogP contribution in [0.5, 0.6) is 0 Å². The number of thiocarbonyl (C=S) groups is 1. The predicted molar refractivity (Wildman–Crippen MR) is 105 cm³/mol. The molecule has 0 unspecified atom stereocenters. The zero-order valence-electron chi connectivity index (χ0n) is 14.0. The molecule has 0 radical (unpaired) electrons. The van der Waals surface area contributed by atoms with Gasteiger partial charge in [0.15, 0.2) is 14.9 Å². The Bertz CT molecular complexity index is 897. The van der Waals surface area contributed by atoms with Crippen molar-refractivity contribution in [3.8, 4) is 0 Å². The van der Waals surface area contributed by atoms with Crippen molar-refractivity contribution in [3.05, 3.63) is 83.0 Å². The van der Waals surface area contributed by atoms with Gasteiger partial charge in [0, 0.05) is 18.5 Å².